The summed E-state index contributed by atoms with van der Waals surface area (Å²) in [6.07, 6.45) is 19.5. The lowest BCUT2D eigenvalue weighted by Crippen LogP contribution is -2.42. The van der Waals surface area contributed by atoms with Crippen molar-refractivity contribution < 1.29 is 19.1 Å². The second kappa shape index (κ2) is 22.4. The summed E-state index contributed by atoms with van der Waals surface area (Å²) in [7, 11) is 0. The van der Waals surface area contributed by atoms with Gasteiger partial charge in [0.1, 0.15) is 6.04 Å². The van der Waals surface area contributed by atoms with Gasteiger partial charge in [-0.1, -0.05) is 111 Å². The molecule has 178 valence electrons. The summed E-state index contributed by atoms with van der Waals surface area (Å²) in [5.41, 5.74) is 0. The molecule has 0 heterocycles. The molecule has 0 fully saturated rings. The molecule has 0 rings (SSSR count). The average molecular weight is 428 g/mol. The number of rotatable bonds is 21. The number of hydrogen-bond acceptors (Lipinski definition) is 4. The van der Waals surface area contributed by atoms with Gasteiger partial charge in [0, 0.05) is 0 Å². The lowest BCUT2D eigenvalue weighted by atomic mass is 10.0. The monoisotopic (exact) mass is 427 g/mol. The highest BCUT2D eigenvalue weighted by atomic mass is 16.6. The number of esters is 1. The maximum atomic E-state index is 12.3. The van der Waals surface area contributed by atoms with E-state index in [1.54, 1.807) is 0 Å². The Hall–Kier alpha value is -1.26. The van der Waals surface area contributed by atoms with E-state index in [1.165, 1.54) is 70.6 Å². The molecule has 0 saturated carbocycles. The third-order valence-electron chi connectivity index (χ3n) is 5.35. The number of ether oxygens (including phenoxy) is 2. The molecule has 5 heteroatoms. The van der Waals surface area contributed by atoms with Crippen molar-refractivity contribution in [3.8, 4) is 0 Å². The van der Waals surface area contributed by atoms with Crippen LogP contribution in [0.1, 0.15) is 130 Å². The summed E-state index contributed by atoms with van der Waals surface area (Å²) >= 11 is 0. The van der Waals surface area contributed by atoms with Crippen LogP contribution in [-0.2, 0) is 14.3 Å². The van der Waals surface area contributed by atoms with Gasteiger partial charge in [0.15, 0.2) is 0 Å². The molecule has 0 aliphatic carbocycles. The molecule has 0 spiro atoms. The molecule has 1 amide bonds. The fourth-order valence-corrected chi connectivity index (χ4v) is 3.43. The number of unbranched alkanes of at least 4 members (excludes halogenated alkanes) is 13. The molecule has 30 heavy (non-hydrogen) atoms. The number of nitrogens with one attached hydrogen (secondary N) is 1. The van der Waals surface area contributed by atoms with E-state index in [4.69, 9.17) is 9.47 Å². The lowest BCUT2D eigenvalue weighted by Gasteiger charge is -2.17. The highest BCUT2D eigenvalue weighted by molar-refractivity contribution is 5.81. The van der Waals surface area contributed by atoms with Crippen molar-refractivity contribution in [1.82, 2.24) is 5.32 Å². The lowest BCUT2D eigenvalue weighted by molar-refractivity contribution is -0.146. The minimum Gasteiger partial charge on any atom is -0.464 e. The van der Waals surface area contributed by atoms with Crippen LogP contribution < -0.4 is 5.32 Å². The molecule has 0 aromatic heterocycles. The first-order valence-corrected chi connectivity index (χ1v) is 12.8. The van der Waals surface area contributed by atoms with E-state index >= 15 is 0 Å². The Labute approximate surface area is 186 Å². The normalized spacial score (nSPS) is 11.8. The highest BCUT2D eigenvalue weighted by Gasteiger charge is 2.22. The van der Waals surface area contributed by atoms with Crippen LogP contribution in [0.15, 0.2) is 0 Å². The Morgan fingerprint density at radius 3 is 1.60 bits per heavy atom. The van der Waals surface area contributed by atoms with Crippen LogP contribution in [0, 0.1) is 0 Å². The van der Waals surface area contributed by atoms with Crippen LogP contribution in [0.2, 0.25) is 0 Å². The molecule has 0 radical (unpaired) electrons. The molecule has 0 bridgehead atoms. The van der Waals surface area contributed by atoms with E-state index in [1.807, 2.05) is 6.92 Å². The van der Waals surface area contributed by atoms with Crippen LogP contribution in [0.3, 0.4) is 0 Å². The topological polar surface area (TPSA) is 64.6 Å². The van der Waals surface area contributed by atoms with Gasteiger partial charge in [-0.2, -0.15) is 0 Å². The van der Waals surface area contributed by atoms with Crippen LogP contribution in [0.4, 0.5) is 4.79 Å². The van der Waals surface area contributed by atoms with Gasteiger partial charge in [0.25, 0.3) is 0 Å². The Kier molecular flexibility index (Phi) is 21.5. The second-order valence-corrected chi connectivity index (χ2v) is 8.39. The first-order chi connectivity index (χ1) is 14.7. The quantitative estimate of drug-likeness (QED) is 0.154. The minimum absolute atomic E-state index is 0.337. The number of alkyl carbamates (subject to hydrolysis) is 1. The second-order valence-electron chi connectivity index (χ2n) is 8.39. The minimum atomic E-state index is -0.601. The molecule has 0 saturated heterocycles. The molecule has 0 aromatic rings. The van der Waals surface area contributed by atoms with Gasteiger partial charge in [-0.05, 0) is 19.3 Å². The van der Waals surface area contributed by atoms with E-state index in [9.17, 15) is 9.59 Å². The average Bonchev–Trinajstić information content (AvgIpc) is 2.75. The first kappa shape index (κ1) is 28.7. The van der Waals surface area contributed by atoms with Crippen molar-refractivity contribution in [3.05, 3.63) is 0 Å². The SMILES string of the molecule is CCCCCCCCCCCCCCCOC(=O)C(CCCC)NC(=O)OCCC. The van der Waals surface area contributed by atoms with Gasteiger partial charge in [-0.25, -0.2) is 9.59 Å². The summed E-state index contributed by atoms with van der Waals surface area (Å²) in [4.78, 5) is 24.0. The number of hydrogen-bond donors (Lipinski definition) is 1. The van der Waals surface area contributed by atoms with E-state index in [2.05, 4.69) is 19.2 Å². The van der Waals surface area contributed by atoms with Crippen molar-refractivity contribution >= 4 is 12.1 Å². The molecular formula is C25H49NO4. The largest absolute Gasteiger partial charge is 0.464 e. The molecule has 1 unspecified atom stereocenters. The van der Waals surface area contributed by atoms with E-state index in [0.717, 1.165) is 32.1 Å². The molecule has 1 N–H and O–H groups in total. The number of amides is 1. The molecule has 0 aromatic carbocycles. The zero-order chi connectivity index (χ0) is 22.3. The predicted molar refractivity (Wildman–Crippen MR) is 125 cm³/mol. The summed E-state index contributed by atoms with van der Waals surface area (Å²) in [6, 6.07) is -0.601. The van der Waals surface area contributed by atoms with Crippen molar-refractivity contribution in [2.75, 3.05) is 13.2 Å². The Bertz CT molecular complexity index is 401. The molecule has 0 aliphatic heterocycles. The maximum absolute atomic E-state index is 12.3. The highest BCUT2D eigenvalue weighted by Crippen LogP contribution is 2.12. The molecule has 1 atom stereocenters. The standard InChI is InChI=1S/C25H49NO4/c1-4-7-9-10-11-12-13-14-15-16-17-18-19-22-29-24(27)23(20-8-5-2)26-25(28)30-21-6-3/h23H,4-22H2,1-3H3,(H,26,28). The van der Waals surface area contributed by atoms with Crippen molar-refractivity contribution in [2.45, 2.75) is 136 Å². The number of carbonyl (C=O) groups excluding carboxylic acids is 2. The van der Waals surface area contributed by atoms with Gasteiger partial charge in [0.2, 0.25) is 0 Å². The Balaban J connectivity index is 3.68. The molecular weight excluding hydrogens is 378 g/mol. The van der Waals surface area contributed by atoms with Crippen LogP contribution in [-0.4, -0.2) is 31.3 Å². The third kappa shape index (κ3) is 18.7. The fourth-order valence-electron chi connectivity index (χ4n) is 3.43. The fraction of sp³-hybridized carbons (Fsp3) is 0.920. The van der Waals surface area contributed by atoms with Crippen molar-refractivity contribution in [3.63, 3.8) is 0 Å². The van der Waals surface area contributed by atoms with Gasteiger partial charge in [0.05, 0.1) is 13.2 Å². The maximum Gasteiger partial charge on any atom is 0.407 e. The van der Waals surface area contributed by atoms with E-state index in [0.29, 0.717) is 19.6 Å². The van der Waals surface area contributed by atoms with Crippen molar-refractivity contribution in [2.24, 2.45) is 0 Å². The van der Waals surface area contributed by atoms with E-state index in [-0.39, 0.29) is 5.97 Å². The predicted octanol–water partition coefficient (Wildman–Crippen LogP) is 7.32. The van der Waals surface area contributed by atoms with Gasteiger partial charge >= 0.3 is 12.1 Å². The van der Waals surface area contributed by atoms with Gasteiger partial charge in [-0.3, -0.25) is 0 Å². The molecule has 0 aliphatic rings. The molecule has 5 nitrogen and oxygen atoms in total. The summed E-state index contributed by atoms with van der Waals surface area (Å²) in [5, 5.41) is 2.65. The first-order valence-electron chi connectivity index (χ1n) is 12.8. The van der Waals surface area contributed by atoms with Crippen molar-refractivity contribution in [1.29, 1.82) is 0 Å². The summed E-state index contributed by atoms with van der Waals surface area (Å²) in [6.45, 7) is 7.06. The zero-order valence-corrected chi connectivity index (χ0v) is 20.1. The van der Waals surface area contributed by atoms with E-state index < -0.39 is 12.1 Å². The van der Waals surface area contributed by atoms with Gasteiger partial charge < -0.3 is 14.8 Å². The Morgan fingerprint density at radius 1 is 0.600 bits per heavy atom. The third-order valence-corrected chi connectivity index (χ3v) is 5.35. The Morgan fingerprint density at radius 2 is 1.10 bits per heavy atom. The van der Waals surface area contributed by atoms with Crippen LogP contribution in [0.25, 0.3) is 0 Å². The van der Waals surface area contributed by atoms with Crippen LogP contribution >= 0.6 is 0 Å². The van der Waals surface area contributed by atoms with Gasteiger partial charge in [-0.15, -0.1) is 0 Å². The zero-order valence-electron chi connectivity index (χ0n) is 20.1. The van der Waals surface area contributed by atoms with Crippen LogP contribution in [0.5, 0.6) is 0 Å². The summed E-state index contributed by atoms with van der Waals surface area (Å²) in [5.74, 6) is -0.337. The smallest absolute Gasteiger partial charge is 0.407 e. The summed E-state index contributed by atoms with van der Waals surface area (Å²) < 4.78 is 10.4. The number of carbonyl (C=O) groups is 2.